The van der Waals surface area contributed by atoms with Gasteiger partial charge in [0.25, 0.3) is 15.9 Å². The number of carbonyl (C=O) groups excluding carboxylic acids is 2. The van der Waals surface area contributed by atoms with Gasteiger partial charge in [-0.1, -0.05) is 51.8 Å². The van der Waals surface area contributed by atoms with Crippen LogP contribution in [0.3, 0.4) is 0 Å². The summed E-state index contributed by atoms with van der Waals surface area (Å²) >= 11 is 3.38. The fourth-order valence-electron chi connectivity index (χ4n) is 3.29. The minimum Gasteiger partial charge on any atom is -0.422 e. The van der Waals surface area contributed by atoms with Crippen molar-refractivity contribution >= 4 is 49.7 Å². The molecule has 1 amide bonds. The Morgan fingerprint density at radius 2 is 1.53 bits per heavy atom. The maximum absolute atomic E-state index is 12.5. The van der Waals surface area contributed by atoms with Crippen molar-refractivity contribution in [2.45, 2.75) is 11.8 Å². The second-order valence-corrected chi connectivity index (χ2v) is 10.7. The molecule has 8 nitrogen and oxygen atoms in total. The van der Waals surface area contributed by atoms with Crippen LogP contribution < -0.4 is 14.9 Å². The van der Waals surface area contributed by atoms with Crippen molar-refractivity contribution in [3.63, 3.8) is 0 Å². The Morgan fingerprint density at radius 1 is 0.868 bits per heavy atom. The molecule has 0 atom stereocenters. The van der Waals surface area contributed by atoms with Crippen molar-refractivity contribution in [3.8, 4) is 5.75 Å². The number of nitrogens with zero attached hydrogens (tertiary/aromatic N) is 1. The van der Waals surface area contributed by atoms with E-state index in [1.54, 1.807) is 48.5 Å². The second kappa shape index (κ2) is 11.8. The average Bonchev–Trinajstić information content (AvgIpc) is 2.91. The first-order valence-corrected chi connectivity index (χ1v) is 13.6. The van der Waals surface area contributed by atoms with Gasteiger partial charge in [0.2, 0.25) is 0 Å². The van der Waals surface area contributed by atoms with E-state index in [-0.39, 0.29) is 16.2 Å². The molecular formula is C28H22BrN3O5S. The molecule has 0 saturated carbocycles. The average molecular weight is 592 g/mol. The lowest BCUT2D eigenvalue weighted by molar-refractivity contribution is 0.0734. The fraction of sp³-hybridized carbons (Fsp3) is 0.0357. The molecule has 4 aromatic carbocycles. The van der Waals surface area contributed by atoms with E-state index < -0.39 is 21.9 Å². The predicted octanol–water partition coefficient (Wildman–Crippen LogP) is 5.54. The SMILES string of the molecule is Cc1ccc(C(=O)Oc2ccc(Br)cc2/C=N/NC(=O)c2ccc(NS(=O)(=O)c3ccccc3)cc2)cc1. The van der Waals surface area contributed by atoms with Crippen molar-refractivity contribution < 1.29 is 22.7 Å². The Morgan fingerprint density at radius 3 is 2.21 bits per heavy atom. The van der Waals surface area contributed by atoms with Gasteiger partial charge in [-0.2, -0.15) is 5.10 Å². The van der Waals surface area contributed by atoms with E-state index >= 15 is 0 Å². The maximum Gasteiger partial charge on any atom is 0.343 e. The van der Waals surface area contributed by atoms with Crippen molar-refractivity contribution in [1.82, 2.24) is 5.43 Å². The summed E-state index contributed by atoms with van der Waals surface area (Å²) < 4.78 is 33.7. The molecule has 0 radical (unpaired) electrons. The molecule has 0 fully saturated rings. The number of anilines is 1. The van der Waals surface area contributed by atoms with Crippen LogP contribution in [0.15, 0.2) is 112 Å². The summed E-state index contributed by atoms with van der Waals surface area (Å²) in [6, 6.07) is 25.9. The van der Waals surface area contributed by atoms with Gasteiger partial charge in [-0.25, -0.2) is 18.6 Å². The van der Waals surface area contributed by atoms with Gasteiger partial charge < -0.3 is 4.74 Å². The quantitative estimate of drug-likeness (QED) is 0.121. The van der Waals surface area contributed by atoms with E-state index in [1.807, 2.05) is 19.1 Å². The number of sulfonamides is 1. The van der Waals surface area contributed by atoms with Gasteiger partial charge in [0.15, 0.2) is 0 Å². The summed E-state index contributed by atoms with van der Waals surface area (Å²) in [4.78, 5) is 25.2. The minimum atomic E-state index is -3.74. The van der Waals surface area contributed by atoms with Gasteiger partial charge in [-0.3, -0.25) is 9.52 Å². The molecule has 0 aliphatic heterocycles. The number of ether oxygens (including phenoxy) is 1. The summed E-state index contributed by atoms with van der Waals surface area (Å²) in [6.45, 7) is 1.93. The topological polar surface area (TPSA) is 114 Å². The van der Waals surface area contributed by atoms with Crippen LogP contribution >= 0.6 is 15.9 Å². The first-order chi connectivity index (χ1) is 18.2. The molecule has 2 N–H and O–H groups in total. The first-order valence-electron chi connectivity index (χ1n) is 11.3. The van der Waals surface area contributed by atoms with Crippen molar-refractivity contribution in [1.29, 1.82) is 0 Å². The van der Waals surface area contributed by atoms with Crippen LogP contribution in [0.2, 0.25) is 0 Å². The van der Waals surface area contributed by atoms with Gasteiger partial charge >= 0.3 is 5.97 Å². The molecule has 4 aromatic rings. The summed E-state index contributed by atoms with van der Waals surface area (Å²) in [5.74, 6) is -0.757. The number of hydrogen-bond acceptors (Lipinski definition) is 6. The number of hydrazone groups is 1. The van der Waals surface area contributed by atoms with Crippen LogP contribution in [0.5, 0.6) is 5.75 Å². The molecule has 0 heterocycles. The highest BCUT2D eigenvalue weighted by Gasteiger charge is 2.14. The van der Waals surface area contributed by atoms with Crippen LogP contribution in [0.1, 0.15) is 31.8 Å². The minimum absolute atomic E-state index is 0.132. The van der Waals surface area contributed by atoms with Gasteiger partial charge in [-0.05, 0) is 73.7 Å². The van der Waals surface area contributed by atoms with Crippen LogP contribution in [-0.4, -0.2) is 26.5 Å². The standard InChI is InChI=1S/C28H22BrN3O5S/c1-19-7-9-21(10-8-19)28(34)37-26-16-13-23(29)17-22(26)18-30-31-27(33)20-11-14-24(15-12-20)32-38(35,36)25-5-3-2-4-6-25/h2-18,32H,1H3,(H,31,33)/b30-18+. The molecule has 0 spiro atoms. The molecule has 0 aromatic heterocycles. The second-order valence-electron chi connectivity index (χ2n) is 8.13. The summed E-state index contributed by atoms with van der Waals surface area (Å²) in [7, 11) is -3.74. The largest absolute Gasteiger partial charge is 0.422 e. The highest BCUT2D eigenvalue weighted by atomic mass is 79.9. The molecule has 10 heteroatoms. The third-order valence-corrected chi connectivity index (χ3v) is 7.17. The van der Waals surface area contributed by atoms with Crippen molar-refractivity contribution in [2.75, 3.05) is 4.72 Å². The highest BCUT2D eigenvalue weighted by molar-refractivity contribution is 9.10. The van der Waals surface area contributed by atoms with Gasteiger partial charge in [-0.15, -0.1) is 0 Å². The van der Waals surface area contributed by atoms with Crippen LogP contribution in [0, 0.1) is 6.92 Å². The number of hydrogen-bond donors (Lipinski definition) is 2. The Hall–Kier alpha value is -4.28. The van der Waals surface area contributed by atoms with Gasteiger partial charge in [0.1, 0.15) is 5.75 Å². The number of aryl methyl sites for hydroxylation is 1. The third kappa shape index (κ3) is 6.93. The zero-order valence-electron chi connectivity index (χ0n) is 20.1. The van der Waals surface area contributed by atoms with E-state index in [0.29, 0.717) is 16.8 Å². The zero-order valence-corrected chi connectivity index (χ0v) is 22.5. The molecule has 192 valence electrons. The lowest BCUT2D eigenvalue weighted by Gasteiger charge is -2.09. The number of amides is 1. The normalized spacial score (nSPS) is 11.2. The lowest BCUT2D eigenvalue weighted by Crippen LogP contribution is -2.18. The van der Waals surface area contributed by atoms with E-state index in [9.17, 15) is 18.0 Å². The number of carbonyl (C=O) groups is 2. The smallest absolute Gasteiger partial charge is 0.343 e. The van der Waals surface area contributed by atoms with Gasteiger partial charge in [0.05, 0.1) is 16.7 Å². The van der Waals surface area contributed by atoms with Crippen LogP contribution in [0.25, 0.3) is 0 Å². The molecule has 0 aliphatic rings. The molecule has 38 heavy (non-hydrogen) atoms. The summed E-state index contributed by atoms with van der Waals surface area (Å²) in [5.41, 5.74) is 4.89. The number of halogens is 1. The third-order valence-electron chi connectivity index (χ3n) is 5.28. The lowest BCUT2D eigenvalue weighted by atomic mass is 10.1. The Kier molecular flexibility index (Phi) is 8.35. The molecule has 0 unspecified atom stereocenters. The number of nitrogens with one attached hydrogen (secondary N) is 2. The molecule has 0 saturated heterocycles. The summed E-state index contributed by atoms with van der Waals surface area (Å²) in [6.07, 6.45) is 1.36. The molecule has 0 bridgehead atoms. The van der Waals surface area contributed by atoms with E-state index in [4.69, 9.17) is 4.74 Å². The monoisotopic (exact) mass is 591 g/mol. The Labute approximate surface area is 228 Å². The van der Waals surface area contributed by atoms with Crippen molar-refractivity contribution in [2.24, 2.45) is 5.10 Å². The number of benzene rings is 4. The molecule has 4 rings (SSSR count). The van der Waals surface area contributed by atoms with Gasteiger partial charge in [0, 0.05) is 21.3 Å². The predicted molar refractivity (Wildman–Crippen MR) is 149 cm³/mol. The fourth-order valence-corrected chi connectivity index (χ4v) is 4.75. The molecule has 0 aliphatic carbocycles. The van der Waals surface area contributed by atoms with E-state index in [1.165, 1.54) is 42.6 Å². The Bertz CT molecular complexity index is 1590. The Balaban J connectivity index is 1.40. The zero-order chi connectivity index (χ0) is 27.1. The van der Waals surface area contributed by atoms with Crippen molar-refractivity contribution in [3.05, 3.63) is 124 Å². The number of rotatable bonds is 8. The van der Waals surface area contributed by atoms with E-state index in [2.05, 4.69) is 31.2 Å². The van der Waals surface area contributed by atoms with Crippen LogP contribution in [-0.2, 0) is 10.0 Å². The maximum atomic E-state index is 12.5. The van der Waals surface area contributed by atoms with E-state index in [0.717, 1.165) is 10.0 Å². The number of esters is 1. The first kappa shape index (κ1) is 26.8. The molecular weight excluding hydrogens is 570 g/mol. The van der Waals surface area contributed by atoms with Crippen LogP contribution in [0.4, 0.5) is 5.69 Å². The summed E-state index contributed by atoms with van der Waals surface area (Å²) in [5, 5.41) is 3.98. The highest BCUT2D eigenvalue weighted by Crippen LogP contribution is 2.23.